The Morgan fingerprint density at radius 3 is 2.53 bits per heavy atom. The Hall–Kier alpha value is -3.90. The summed E-state index contributed by atoms with van der Waals surface area (Å²) >= 11 is 6.03. The summed E-state index contributed by atoms with van der Waals surface area (Å²) in [5.74, 6) is 0.614. The van der Waals surface area contributed by atoms with Crippen LogP contribution in [0, 0.1) is 13.8 Å². The summed E-state index contributed by atoms with van der Waals surface area (Å²) in [4.78, 5) is 33.2. The predicted octanol–water partition coefficient (Wildman–Crippen LogP) is 5.77. The van der Waals surface area contributed by atoms with Crippen molar-refractivity contribution < 1.29 is 13.9 Å². The fraction of sp³-hybridized carbons (Fsp3) is 0.148. The molecule has 7 heteroatoms. The molecule has 0 N–H and O–H groups in total. The standard InChI is InChI=1S/C27H21ClN2O4/c1-4-11-33-19-8-5-17(6-9-19)24-23-25(31)20-12-15(2)16(3)13-21(20)34-26(23)27(32)30(24)22-10-7-18(28)14-29-22/h4-10,12-14,24H,1,11H2,2-3H3. The van der Waals surface area contributed by atoms with Gasteiger partial charge in [0.1, 0.15) is 23.8 Å². The summed E-state index contributed by atoms with van der Waals surface area (Å²) in [5.41, 5.74) is 3.12. The number of carbonyl (C=O) groups is 1. The van der Waals surface area contributed by atoms with Crippen LogP contribution in [0.25, 0.3) is 11.0 Å². The Bertz CT molecular complexity index is 1490. The van der Waals surface area contributed by atoms with E-state index in [2.05, 4.69) is 11.6 Å². The number of anilines is 1. The zero-order chi connectivity index (χ0) is 24.0. The summed E-state index contributed by atoms with van der Waals surface area (Å²) in [6.07, 6.45) is 3.13. The van der Waals surface area contributed by atoms with Crippen LogP contribution >= 0.6 is 11.6 Å². The van der Waals surface area contributed by atoms with E-state index in [0.29, 0.717) is 34.2 Å². The summed E-state index contributed by atoms with van der Waals surface area (Å²) in [6.45, 7) is 7.91. The average molecular weight is 473 g/mol. The quantitative estimate of drug-likeness (QED) is 0.344. The maximum atomic E-state index is 13.7. The Labute approximate surface area is 201 Å². The van der Waals surface area contributed by atoms with Crippen LogP contribution in [-0.4, -0.2) is 17.5 Å². The zero-order valence-corrected chi connectivity index (χ0v) is 19.4. The lowest BCUT2D eigenvalue weighted by molar-refractivity contribution is 0.0970. The molecule has 170 valence electrons. The first-order chi connectivity index (χ1) is 16.4. The average Bonchev–Trinajstić information content (AvgIpc) is 3.12. The van der Waals surface area contributed by atoms with Gasteiger partial charge >= 0.3 is 0 Å². The molecule has 1 amide bonds. The lowest BCUT2D eigenvalue weighted by Gasteiger charge is -2.24. The minimum Gasteiger partial charge on any atom is -0.490 e. The van der Waals surface area contributed by atoms with Crippen molar-refractivity contribution in [2.75, 3.05) is 11.5 Å². The lowest BCUT2D eigenvalue weighted by atomic mass is 9.97. The van der Waals surface area contributed by atoms with Crippen LogP contribution in [0.4, 0.5) is 5.82 Å². The van der Waals surface area contributed by atoms with Gasteiger partial charge in [0.05, 0.1) is 22.0 Å². The molecule has 34 heavy (non-hydrogen) atoms. The van der Waals surface area contributed by atoms with Gasteiger partial charge in [-0.1, -0.05) is 36.4 Å². The van der Waals surface area contributed by atoms with E-state index in [9.17, 15) is 9.59 Å². The van der Waals surface area contributed by atoms with Crippen LogP contribution in [0.2, 0.25) is 5.02 Å². The molecule has 5 rings (SSSR count). The molecule has 0 radical (unpaired) electrons. The molecule has 0 bridgehead atoms. The predicted molar refractivity (Wildman–Crippen MR) is 132 cm³/mol. The third kappa shape index (κ3) is 3.56. The zero-order valence-electron chi connectivity index (χ0n) is 18.7. The third-order valence-electron chi connectivity index (χ3n) is 6.01. The van der Waals surface area contributed by atoms with E-state index in [1.165, 1.54) is 11.1 Å². The van der Waals surface area contributed by atoms with Crippen molar-refractivity contribution in [2.45, 2.75) is 19.9 Å². The maximum absolute atomic E-state index is 13.7. The van der Waals surface area contributed by atoms with Gasteiger partial charge in [-0.2, -0.15) is 0 Å². The van der Waals surface area contributed by atoms with E-state index in [4.69, 9.17) is 20.8 Å². The minimum atomic E-state index is -0.716. The Kier molecular flexibility index (Phi) is 5.46. The van der Waals surface area contributed by atoms with Crippen LogP contribution in [0.1, 0.15) is 38.9 Å². The van der Waals surface area contributed by atoms with Crippen LogP contribution in [-0.2, 0) is 0 Å². The van der Waals surface area contributed by atoms with E-state index in [1.54, 1.807) is 36.4 Å². The molecule has 0 aliphatic carbocycles. The molecular formula is C27H21ClN2O4. The molecule has 6 nitrogen and oxygen atoms in total. The molecular weight excluding hydrogens is 452 g/mol. The van der Waals surface area contributed by atoms with Crippen molar-refractivity contribution in [3.8, 4) is 5.75 Å². The van der Waals surface area contributed by atoms with E-state index in [1.807, 2.05) is 32.0 Å². The van der Waals surface area contributed by atoms with Gasteiger partial charge in [-0.25, -0.2) is 4.98 Å². The van der Waals surface area contributed by atoms with E-state index in [0.717, 1.165) is 16.7 Å². The van der Waals surface area contributed by atoms with Crippen LogP contribution in [0.3, 0.4) is 0 Å². The highest BCUT2D eigenvalue weighted by Gasteiger charge is 2.44. The first kappa shape index (κ1) is 21.9. The number of benzene rings is 2. The number of amides is 1. The largest absolute Gasteiger partial charge is 0.490 e. The number of nitrogens with zero attached hydrogens (tertiary/aromatic N) is 2. The van der Waals surface area contributed by atoms with Crippen molar-refractivity contribution in [1.82, 2.24) is 4.98 Å². The van der Waals surface area contributed by atoms with E-state index >= 15 is 0 Å². The molecule has 0 spiro atoms. The van der Waals surface area contributed by atoms with Crippen molar-refractivity contribution in [1.29, 1.82) is 0 Å². The SMILES string of the molecule is C=CCOc1ccc(C2c3c(oc4cc(C)c(C)cc4c3=O)C(=O)N2c2ccc(Cl)cn2)cc1. The second-order valence-corrected chi connectivity index (χ2v) is 8.62. The van der Waals surface area contributed by atoms with Crippen molar-refractivity contribution in [3.05, 3.63) is 111 Å². The van der Waals surface area contributed by atoms with Crippen molar-refractivity contribution in [2.24, 2.45) is 0 Å². The van der Waals surface area contributed by atoms with Gasteiger partial charge in [-0.05, 0) is 66.9 Å². The minimum absolute atomic E-state index is 0.0227. The molecule has 0 fully saturated rings. The molecule has 3 heterocycles. The summed E-state index contributed by atoms with van der Waals surface area (Å²) in [7, 11) is 0. The smallest absolute Gasteiger partial charge is 0.296 e. The molecule has 1 unspecified atom stereocenters. The molecule has 2 aromatic carbocycles. The second-order valence-electron chi connectivity index (χ2n) is 8.19. The number of halogens is 1. The van der Waals surface area contributed by atoms with Crippen LogP contribution < -0.4 is 15.1 Å². The molecule has 0 saturated heterocycles. The number of fused-ring (bicyclic) bond motifs is 2. The number of hydrogen-bond acceptors (Lipinski definition) is 5. The molecule has 1 aliphatic heterocycles. The number of hydrogen-bond donors (Lipinski definition) is 0. The molecule has 0 saturated carbocycles. The Morgan fingerprint density at radius 2 is 1.85 bits per heavy atom. The summed E-state index contributed by atoms with van der Waals surface area (Å²) < 4.78 is 11.6. The number of aryl methyl sites for hydroxylation is 2. The molecule has 4 aromatic rings. The Balaban J connectivity index is 1.73. The summed E-state index contributed by atoms with van der Waals surface area (Å²) in [5, 5.41) is 0.885. The van der Waals surface area contributed by atoms with E-state index in [-0.39, 0.29) is 16.8 Å². The lowest BCUT2D eigenvalue weighted by Crippen LogP contribution is -2.30. The van der Waals surface area contributed by atoms with E-state index < -0.39 is 11.9 Å². The topological polar surface area (TPSA) is 72.6 Å². The number of ether oxygens (including phenoxy) is 1. The van der Waals surface area contributed by atoms with Gasteiger partial charge in [-0.3, -0.25) is 14.5 Å². The third-order valence-corrected chi connectivity index (χ3v) is 6.23. The van der Waals surface area contributed by atoms with Gasteiger partial charge in [0, 0.05) is 6.20 Å². The van der Waals surface area contributed by atoms with Gasteiger partial charge in [0.25, 0.3) is 5.91 Å². The Morgan fingerprint density at radius 1 is 1.12 bits per heavy atom. The molecule has 1 atom stereocenters. The maximum Gasteiger partial charge on any atom is 0.296 e. The number of pyridine rings is 1. The monoisotopic (exact) mass is 472 g/mol. The first-order valence-corrected chi connectivity index (χ1v) is 11.1. The second kappa shape index (κ2) is 8.47. The van der Waals surface area contributed by atoms with Crippen LogP contribution in [0.15, 0.2) is 76.6 Å². The van der Waals surface area contributed by atoms with Gasteiger partial charge in [0.15, 0.2) is 5.43 Å². The fourth-order valence-electron chi connectivity index (χ4n) is 4.19. The molecule has 2 aromatic heterocycles. The number of carbonyl (C=O) groups excluding carboxylic acids is 1. The number of rotatable bonds is 5. The van der Waals surface area contributed by atoms with Crippen LogP contribution in [0.5, 0.6) is 5.75 Å². The van der Waals surface area contributed by atoms with Gasteiger partial charge in [-0.15, -0.1) is 0 Å². The highest BCUT2D eigenvalue weighted by Crippen LogP contribution is 2.41. The first-order valence-electron chi connectivity index (χ1n) is 10.8. The van der Waals surface area contributed by atoms with Gasteiger partial charge < -0.3 is 9.15 Å². The fourth-order valence-corrected chi connectivity index (χ4v) is 4.30. The highest BCUT2D eigenvalue weighted by molar-refractivity contribution is 6.30. The van der Waals surface area contributed by atoms with Crippen molar-refractivity contribution in [3.63, 3.8) is 0 Å². The van der Waals surface area contributed by atoms with Crippen molar-refractivity contribution >= 4 is 34.3 Å². The molecule has 1 aliphatic rings. The highest BCUT2D eigenvalue weighted by atomic mass is 35.5. The normalized spacial score (nSPS) is 15.0. The van der Waals surface area contributed by atoms with Gasteiger partial charge in [0.2, 0.25) is 5.76 Å². The summed E-state index contributed by atoms with van der Waals surface area (Å²) in [6, 6.07) is 13.5. The number of aromatic nitrogens is 1.